The van der Waals surface area contributed by atoms with Crippen LogP contribution in [0.15, 0.2) is 47.4 Å². The molecule has 4 N–H and O–H groups in total. The van der Waals surface area contributed by atoms with Gasteiger partial charge in [0.05, 0.1) is 30.2 Å². The Labute approximate surface area is 245 Å². The summed E-state index contributed by atoms with van der Waals surface area (Å²) in [6.07, 6.45) is 1.30. The number of hydrogen-bond acceptors (Lipinski definition) is 8. The van der Waals surface area contributed by atoms with Crippen molar-refractivity contribution in [3.8, 4) is 16.9 Å². The van der Waals surface area contributed by atoms with Gasteiger partial charge in [0.15, 0.2) is 0 Å². The Kier molecular flexibility index (Phi) is 9.39. The fraction of sp³-hybridized carbons (Fsp3) is 0.500. The second-order valence-corrected chi connectivity index (χ2v) is 11.2. The fourth-order valence-electron chi connectivity index (χ4n) is 5.68. The van der Waals surface area contributed by atoms with E-state index in [2.05, 4.69) is 27.8 Å². The summed E-state index contributed by atoms with van der Waals surface area (Å²) in [5.74, 6) is 0.816. The number of nitrogens with one attached hydrogen (secondary N) is 3. The highest BCUT2D eigenvalue weighted by Crippen LogP contribution is 2.31. The van der Waals surface area contributed by atoms with Crippen LogP contribution in [0.25, 0.3) is 16.9 Å². The standard InChI is InChI=1S/C30H41N7O5/c1-19-15-36(11-13-41-4)17-25(19)32-30(40)33-27-20(2)26(34-37(27)23-8-6-5-7-9-23)21-14-24(29(39)35(3)16-21)28(38)31-22-10-12-42-18-22/h5-9,14,16,19,22,25,28,31,38H,10-13,15,17-18H2,1-4H3,(H2,32,33,40)/t19-,22+,25-,28?/m1/s1. The number of aromatic nitrogens is 3. The van der Waals surface area contributed by atoms with Gasteiger partial charge in [0, 0.05) is 69.8 Å². The van der Waals surface area contributed by atoms with Crippen molar-refractivity contribution in [3.05, 3.63) is 64.1 Å². The molecule has 3 aromatic rings. The van der Waals surface area contributed by atoms with E-state index in [-0.39, 0.29) is 29.2 Å². The first-order valence-electron chi connectivity index (χ1n) is 14.4. The van der Waals surface area contributed by atoms with E-state index in [1.54, 1.807) is 31.1 Å². The molecule has 4 heterocycles. The molecule has 12 nitrogen and oxygen atoms in total. The number of aliphatic hydroxyl groups is 1. The lowest BCUT2D eigenvalue weighted by atomic mass is 10.1. The van der Waals surface area contributed by atoms with Crippen molar-refractivity contribution >= 4 is 11.8 Å². The number of likely N-dealkylation sites (tertiary alicyclic amines) is 1. The number of anilines is 1. The number of urea groups is 1. The Morgan fingerprint density at radius 1 is 1.26 bits per heavy atom. The average molecular weight is 580 g/mol. The monoisotopic (exact) mass is 579 g/mol. The van der Waals surface area contributed by atoms with Crippen LogP contribution in [0.2, 0.25) is 0 Å². The molecule has 2 aromatic heterocycles. The molecule has 12 heteroatoms. The minimum Gasteiger partial charge on any atom is -0.383 e. The van der Waals surface area contributed by atoms with Gasteiger partial charge < -0.3 is 24.5 Å². The van der Waals surface area contributed by atoms with Crippen LogP contribution < -0.4 is 21.5 Å². The van der Waals surface area contributed by atoms with E-state index < -0.39 is 6.23 Å². The van der Waals surface area contributed by atoms with Crippen molar-refractivity contribution in [2.75, 3.05) is 51.9 Å². The number of ether oxygens (including phenoxy) is 2. The van der Waals surface area contributed by atoms with E-state index in [0.717, 1.165) is 37.3 Å². The maximum absolute atomic E-state index is 13.3. The summed E-state index contributed by atoms with van der Waals surface area (Å²) in [6, 6.07) is 10.9. The molecule has 1 aromatic carbocycles. The Morgan fingerprint density at radius 3 is 2.76 bits per heavy atom. The molecule has 1 unspecified atom stereocenters. The second kappa shape index (κ2) is 13.2. The van der Waals surface area contributed by atoms with Gasteiger partial charge in [-0.2, -0.15) is 5.10 Å². The molecular formula is C30H41N7O5. The van der Waals surface area contributed by atoms with E-state index in [1.807, 2.05) is 37.3 Å². The van der Waals surface area contributed by atoms with Crippen LogP contribution in [0.1, 0.15) is 30.7 Å². The summed E-state index contributed by atoms with van der Waals surface area (Å²) in [5, 5.41) is 25.1. The van der Waals surface area contributed by atoms with Gasteiger partial charge in [0.1, 0.15) is 12.0 Å². The molecule has 2 fully saturated rings. The third-order valence-corrected chi connectivity index (χ3v) is 8.07. The quantitative estimate of drug-likeness (QED) is 0.268. The lowest BCUT2D eigenvalue weighted by Crippen LogP contribution is -2.42. The number of carbonyl (C=O) groups excluding carboxylic acids is 1. The summed E-state index contributed by atoms with van der Waals surface area (Å²) < 4.78 is 13.8. The highest BCUT2D eigenvalue weighted by Gasteiger charge is 2.31. The van der Waals surface area contributed by atoms with Gasteiger partial charge in [-0.3, -0.25) is 20.3 Å². The Morgan fingerprint density at radius 2 is 2.05 bits per heavy atom. The van der Waals surface area contributed by atoms with Gasteiger partial charge in [0.2, 0.25) is 0 Å². The van der Waals surface area contributed by atoms with E-state index in [0.29, 0.717) is 42.8 Å². The molecule has 0 spiro atoms. The first kappa shape index (κ1) is 29.9. The normalized spacial score (nSPS) is 21.5. The van der Waals surface area contributed by atoms with E-state index >= 15 is 0 Å². The first-order valence-corrected chi connectivity index (χ1v) is 14.4. The van der Waals surface area contributed by atoms with Crippen LogP contribution in [0.3, 0.4) is 0 Å². The predicted molar refractivity (Wildman–Crippen MR) is 160 cm³/mol. The number of carbonyl (C=O) groups is 1. The first-order chi connectivity index (χ1) is 20.2. The molecule has 0 saturated carbocycles. The van der Waals surface area contributed by atoms with Gasteiger partial charge in [-0.05, 0) is 37.5 Å². The van der Waals surface area contributed by atoms with Gasteiger partial charge in [0.25, 0.3) is 5.56 Å². The highest BCUT2D eigenvalue weighted by atomic mass is 16.5. The molecule has 2 aliphatic rings. The van der Waals surface area contributed by atoms with Crippen molar-refractivity contribution in [3.63, 3.8) is 0 Å². The molecule has 2 aliphatic heterocycles. The van der Waals surface area contributed by atoms with Crippen LogP contribution in [0.5, 0.6) is 0 Å². The van der Waals surface area contributed by atoms with Crippen LogP contribution in [0.4, 0.5) is 10.6 Å². The van der Waals surface area contributed by atoms with Crippen LogP contribution in [-0.2, 0) is 16.5 Å². The summed E-state index contributed by atoms with van der Waals surface area (Å²) in [5.41, 5.74) is 2.64. The number of amides is 2. The highest BCUT2D eigenvalue weighted by molar-refractivity contribution is 5.91. The van der Waals surface area contributed by atoms with Crippen molar-refractivity contribution < 1.29 is 19.4 Å². The maximum Gasteiger partial charge on any atom is 0.320 e. The summed E-state index contributed by atoms with van der Waals surface area (Å²) >= 11 is 0. The van der Waals surface area contributed by atoms with Crippen molar-refractivity contribution in [1.82, 2.24) is 29.9 Å². The zero-order chi connectivity index (χ0) is 29.8. The number of hydrogen-bond donors (Lipinski definition) is 4. The number of rotatable bonds is 10. The Bertz CT molecular complexity index is 1430. The average Bonchev–Trinajstić information content (AvgIpc) is 3.69. The smallest absolute Gasteiger partial charge is 0.320 e. The zero-order valence-corrected chi connectivity index (χ0v) is 24.7. The molecule has 5 rings (SSSR count). The van der Waals surface area contributed by atoms with E-state index in [9.17, 15) is 14.7 Å². The van der Waals surface area contributed by atoms with Crippen molar-refractivity contribution in [2.45, 2.75) is 38.6 Å². The van der Waals surface area contributed by atoms with Gasteiger partial charge >= 0.3 is 6.03 Å². The largest absolute Gasteiger partial charge is 0.383 e. The topological polar surface area (TPSA) is 135 Å². The molecular weight excluding hydrogens is 538 g/mol. The number of para-hydroxylation sites is 1. The number of pyridine rings is 1. The number of benzene rings is 1. The fourth-order valence-corrected chi connectivity index (χ4v) is 5.68. The summed E-state index contributed by atoms with van der Waals surface area (Å²) in [4.78, 5) is 28.6. The van der Waals surface area contributed by atoms with Gasteiger partial charge in [-0.25, -0.2) is 9.48 Å². The molecule has 0 radical (unpaired) electrons. The number of aliphatic hydroxyl groups excluding tert-OH is 1. The van der Waals surface area contributed by atoms with Crippen LogP contribution >= 0.6 is 0 Å². The second-order valence-electron chi connectivity index (χ2n) is 11.2. The third-order valence-electron chi connectivity index (χ3n) is 8.07. The molecule has 226 valence electrons. The van der Waals surface area contributed by atoms with Crippen LogP contribution in [0, 0.1) is 12.8 Å². The van der Waals surface area contributed by atoms with Crippen molar-refractivity contribution in [2.24, 2.45) is 13.0 Å². The zero-order valence-electron chi connectivity index (χ0n) is 24.7. The molecule has 2 amide bonds. The minimum atomic E-state index is -1.16. The predicted octanol–water partition coefficient (Wildman–Crippen LogP) is 2.00. The molecule has 0 bridgehead atoms. The van der Waals surface area contributed by atoms with Crippen molar-refractivity contribution in [1.29, 1.82) is 0 Å². The van der Waals surface area contributed by atoms with Gasteiger partial charge in [-0.15, -0.1) is 0 Å². The maximum atomic E-state index is 13.3. The number of aryl methyl sites for hydroxylation is 1. The Balaban J connectivity index is 1.44. The molecule has 4 atom stereocenters. The SMILES string of the molecule is COCCN1C[C@@H](C)[C@H](NC(=O)Nc2c(C)c(-c3cc(C(O)N[C@H]4CCOC4)c(=O)n(C)c3)nn2-c2ccccc2)C1. The molecule has 0 aliphatic carbocycles. The number of nitrogens with zero attached hydrogens (tertiary/aromatic N) is 4. The van der Waals surface area contributed by atoms with E-state index in [1.165, 1.54) is 4.57 Å². The minimum absolute atomic E-state index is 0.000177. The van der Waals surface area contributed by atoms with Crippen LogP contribution in [-0.4, -0.2) is 89.0 Å². The lowest BCUT2D eigenvalue weighted by molar-refractivity contribution is 0.113. The third kappa shape index (κ3) is 6.58. The summed E-state index contributed by atoms with van der Waals surface area (Å²) in [7, 11) is 3.34. The Hall–Kier alpha value is -3.55. The molecule has 2 saturated heterocycles. The van der Waals surface area contributed by atoms with E-state index in [4.69, 9.17) is 14.6 Å². The molecule has 42 heavy (non-hydrogen) atoms. The van der Waals surface area contributed by atoms with Gasteiger partial charge in [-0.1, -0.05) is 25.1 Å². The number of methoxy groups -OCH3 is 1. The lowest BCUT2D eigenvalue weighted by Gasteiger charge is -2.18. The summed E-state index contributed by atoms with van der Waals surface area (Å²) in [6.45, 7) is 8.25.